The Morgan fingerprint density at radius 2 is 1.72 bits per heavy atom. The summed E-state index contributed by atoms with van der Waals surface area (Å²) in [5, 5.41) is 9.84. The van der Waals surface area contributed by atoms with Crippen LogP contribution in [0.2, 0.25) is 0 Å². The summed E-state index contributed by atoms with van der Waals surface area (Å²) in [5.74, 6) is 0.547. The second-order valence-electron chi connectivity index (χ2n) is 3.79. The Balaban J connectivity index is 2.22. The van der Waals surface area contributed by atoms with Gasteiger partial charge in [-0.1, -0.05) is 31.9 Å². The van der Waals surface area contributed by atoms with E-state index in [9.17, 15) is 5.11 Å². The smallest absolute Gasteiger partial charge is 0.231 e. The minimum atomic E-state index is 0.142. The van der Waals surface area contributed by atoms with Crippen LogP contribution in [-0.4, -0.2) is 10.1 Å². The highest BCUT2D eigenvalue weighted by atomic mass is 79.9. The van der Waals surface area contributed by atoms with E-state index < -0.39 is 0 Å². The predicted molar refractivity (Wildman–Crippen MR) is 76.5 cm³/mol. The first-order valence-electron chi connectivity index (χ1n) is 5.18. The molecule has 0 unspecified atom stereocenters. The van der Waals surface area contributed by atoms with Gasteiger partial charge in [0.1, 0.15) is 11.3 Å². The first-order chi connectivity index (χ1) is 8.63. The molecule has 0 radical (unpaired) electrons. The highest BCUT2D eigenvalue weighted by molar-refractivity contribution is 9.10. The van der Waals surface area contributed by atoms with E-state index in [2.05, 4.69) is 36.8 Å². The Hall–Kier alpha value is -1.33. The number of oxazole rings is 1. The van der Waals surface area contributed by atoms with Crippen molar-refractivity contribution in [3.63, 3.8) is 0 Å². The molecule has 3 nitrogen and oxygen atoms in total. The van der Waals surface area contributed by atoms with Gasteiger partial charge in [-0.05, 0) is 36.4 Å². The van der Waals surface area contributed by atoms with Crippen LogP contribution in [0.3, 0.4) is 0 Å². The molecule has 0 saturated carbocycles. The Bertz CT molecular complexity index is 737. The van der Waals surface area contributed by atoms with Crippen molar-refractivity contribution in [1.82, 2.24) is 4.98 Å². The second kappa shape index (κ2) is 4.40. The Labute approximate surface area is 120 Å². The monoisotopic (exact) mass is 367 g/mol. The minimum absolute atomic E-state index is 0.142. The molecule has 0 aliphatic rings. The maximum atomic E-state index is 9.84. The van der Waals surface area contributed by atoms with Gasteiger partial charge in [0.2, 0.25) is 5.89 Å². The van der Waals surface area contributed by atoms with Crippen LogP contribution < -0.4 is 0 Å². The summed E-state index contributed by atoms with van der Waals surface area (Å²) in [4.78, 5) is 4.37. The van der Waals surface area contributed by atoms with Crippen molar-refractivity contribution in [1.29, 1.82) is 0 Å². The third-order valence-electron chi connectivity index (χ3n) is 2.54. The molecular formula is C13H7Br2NO2. The average molecular weight is 369 g/mol. The van der Waals surface area contributed by atoms with Crippen LogP contribution in [0.1, 0.15) is 0 Å². The van der Waals surface area contributed by atoms with Gasteiger partial charge in [-0.25, -0.2) is 4.98 Å². The molecule has 3 aromatic rings. The molecule has 2 aromatic carbocycles. The number of phenolic OH excluding ortho intramolecular Hbond substituents is 1. The molecule has 0 spiro atoms. The maximum absolute atomic E-state index is 9.84. The molecular weight excluding hydrogens is 362 g/mol. The molecule has 18 heavy (non-hydrogen) atoms. The number of halogens is 2. The number of hydrogen-bond acceptors (Lipinski definition) is 3. The van der Waals surface area contributed by atoms with E-state index in [1.54, 1.807) is 18.2 Å². The SMILES string of the molecule is Oc1ccc(Br)cc1-c1nc2cc(Br)ccc2o1. The number of phenols is 1. The highest BCUT2D eigenvalue weighted by Crippen LogP contribution is 2.33. The zero-order valence-electron chi connectivity index (χ0n) is 9.02. The molecule has 0 amide bonds. The van der Waals surface area contributed by atoms with Crippen LogP contribution in [0.15, 0.2) is 49.8 Å². The summed E-state index contributed by atoms with van der Waals surface area (Å²) >= 11 is 6.75. The summed E-state index contributed by atoms with van der Waals surface area (Å²) < 4.78 is 7.43. The second-order valence-corrected chi connectivity index (χ2v) is 5.62. The van der Waals surface area contributed by atoms with Crippen molar-refractivity contribution in [3.05, 3.63) is 45.3 Å². The van der Waals surface area contributed by atoms with Gasteiger partial charge >= 0.3 is 0 Å². The van der Waals surface area contributed by atoms with Gasteiger partial charge in [0.25, 0.3) is 0 Å². The molecule has 3 rings (SSSR count). The number of aromatic nitrogens is 1. The lowest BCUT2D eigenvalue weighted by Crippen LogP contribution is -1.79. The lowest BCUT2D eigenvalue weighted by Gasteiger charge is -1.99. The zero-order valence-corrected chi connectivity index (χ0v) is 12.2. The maximum Gasteiger partial charge on any atom is 0.231 e. The summed E-state index contributed by atoms with van der Waals surface area (Å²) in [7, 11) is 0. The first kappa shape index (κ1) is 11.7. The van der Waals surface area contributed by atoms with Crippen molar-refractivity contribution >= 4 is 43.0 Å². The number of benzene rings is 2. The number of nitrogens with zero attached hydrogens (tertiary/aromatic N) is 1. The lowest BCUT2D eigenvalue weighted by atomic mass is 10.2. The third kappa shape index (κ3) is 2.04. The molecule has 1 heterocycles. The summed E-state index contributed by atoms with van der Waals surface area (Å²) in [6.07, 6.45) is 0. The average Bonchev–Trinajstić information content (AvgIpc) is 2.74. The lowest BCUT2D eigenvalue weighted by molar-refractivity contribution is 0.474. The van der Waals surface area contributed by atoms with Crippen molar-refractivity contribution in [2.75, 3.05) is 0 Å². The molecule has 0 aliphatic heterocycles. The molecule has 90 valence electrons. The molecule has 0 saturated heterocycles. The minimum Gasteiger partial charge on any atom is -0.507 e. The van der Waals surface area contributed by atoms with Gasteiger partial charge in [-0.15, -0.1) is 0 Å². The molecule has 5 heteroatoms. The third-order valence-corrected chi connectivity index (χ3v) is 3.53. The Kier molecular flexibility index (Phi) is 2.87. The van der Waals surface area contributed by atoms with Crippen molar-refractivity contribution in [2.45, 2.75) is 0 Å². The van der Waals surface area contributed by atoms with Gasteiger partial charge < -0.3 is 9.52 Å². The molecule has 0 bridgehead atoms. The van der Waals surface area contributed by atoms with E-state index in [0.29, 0.717) is 17.0 Å². The normalized spacial score (nSPS) is 11.0. The number of fused-ring (bicyclic) bond motifs is 1. The van der Waals surface area contributed by atoms with Gasteiger partial charge in [0, 0.05) is 8.95 Å². The Morgan fingerprint density at radius 1 is 1.00 bits per heavy atom. The van der Waals surface area contributed by atoms with Gasteiger partial charge in [-0.3, -0.25) is 0 Å². The van der Waals surface area contributed by atoms with Gasteiger partial charge in [0.15, 0.2) is 5.58 Å². The molecule has 1 N–H and O–H groups in total. The van der Waals surface area contributed by atoms with Crippen molar-refractivity contribution < 1.29 is 9.52 Å². The van der Waals surface area contributed by atoms with Crippen LogP contribution in [-0.2, 0) is 0 Å². The van der Waals surface area contributed by atoms with E-state index in [4.69, 9.17) is 4.42 Å². The van der Waals surface area contributed by atoms with Crippen molar-refractivity contribution in [3.8, 4) is 17.2 Å². The van der Waals surface area contributed by atoms with Crippen LogP contribution in [0.4, 0.5) is 0 Å². The Morgan fingerprint density at radius 3 is 2.56 bits per heavy atom. The van der Waals surface area contributed by atoms with Crippen LogP contribution in [0.25, 0.3) is 22.6 Å². The van der Waals surface area contributed by atoms with Crippen molar-refractivity contribution in [2.24, 2.45) is 0 Å². The van der Waals surface area contributed by atoms with E-state index in [1.807, 2.05) is 18.2 Å². The first-order valence-corrected chi connectivity index (χ1v) is 6.77. The largest absolute Gasteiger partial charge is 0.507 e. The van der Waals surface area contributed by atoms with E-state index >= 15 is 0 Å². The van der Waals surface area contributed by atoms with Gasteiger partial charge in [0.05, 0.1) is 5.56 Å². The van der Waals surface area contributed by atoms with Crippen LogP contribution in [0, 0.1) is 0 Å². The fourth-order valence-corrected chi connectivity index (χ4v) is 2.41. The predicted octanol–water partition coefficient (Wildman–Crippen LogP) is 4.73. The van der Waals surface area contributed by atoms with E-state index in [1.165, 1.54) is 0 Å². The molecule has 0 atom stereocenters. The molecule has 0 aliphatic carbocycles. The highest BCUT2D eigenvalue weighted by Gasteiger charge is 2.12. The summed E-state index contributed by atoms with van der Waals surface area (Å²) in [5.41, 5.74) is 2.00. The number of hydrogen-bond donors (Lipinski definition) is 1. The summed E-state index contributed by atoms with van der Waals surface area (Å²) in [6, 6.07) is 10.7. The zero-order chi connectivity index (χ0) is 12.7. The fraction of sp³-hybridized carbons (Fsp3) is 0. The van der Waals surface area contributed by atoms with Gasteiger partial charge in [-0.2, -0.15) is 0 Å². The molecule has 1 aromatic heterocycles. The van der Waals surface area contributed by atoms with Crippen LogP contribution in [0.5, 0.6) is 5.75 Å². The summed E-state index contributed by atoms with van der Waals surface area (Å²) in [6.45, 7) is 0. The van der Waals surface area contributed by atoms with E-state index in [-0.39, 0.29) is 5.75 Å². The topological polar surface area (TPSA) is 46.3 Å². The molecule has 0 fully saturated rings. The van der Waals surface area contributed by atoms with Crippen LogP contribution >= 0.6 is 31.9 Å². The van der Waals surface area contributed by atoms with E-state index in [0.717, 1.165) is 14.5 Å². The number of aromatic hydroxyl groups is 1. The number of rotatable bonds is 1. The fourth-order valence-electron chi connectivity index (χ4n) is 1.70. The standard InChI is InChI=1S/C13H7Br2NO2/c14-7-1-3-11(17)9(5-7)13-16-10-6-8(15)2-4-12(10)18-13/h1-6,17H. The quantitative estimate of drug-likeness (QED) is 0.675.